The zero-order valence-electron chi connectivity index (χ0n) is 10.8. The molecule has 1 heterocycles. The van der Waals surface area contributed by atoms with Gasteiger partial charge in [-0.15, -0.1) is 0 Å². The number of benzene rings is 1. The molecule has 1 aromatic heterocycles. The fourth-order valence-electron chi connectivity index (χ4n) is 1.64. The number of methoxy groups -OCH3 is 1. The van der Waals surface area contributed by atoms with Crippen molar-refractivity contribution in [2.75, 3.05) is 24.8 Å². The second kappa shape index (κ2) is 6.39. The van der Waals surface area contributed by atoms with E-state index in [4.69, 9.17) is 39.5 Å². The minimum absolute atomic E-state index is 0.399. The van der Waals surface area contributed by atoms with Crippen LogP contribution < -0.4 is 15.4 Å². The van der Waals surface area contributed by atoms with Gasteiger partial charge in [0, 0.05) is 12.1 Å². The highest BCUT2D eigenvalue weighted by Crippen LogP contribution is 2.34. The van der Waals surface area contributed by atoms with Crippen molar-refractivity contribution in [3.8, 4) is 5.75 Å². The number of hydrogen-bond acceptors (Lipinski definition) is 4. The summed E-state index contributed by atoms with van der Waals surface area (Å²) >= 11 is 18.1. The second-order valence-corrected chi connectivity index (χ2v) is 5.12. The number of nitrogens with one attached hydrogen (secondary N) is 2. The quantitative estimate of drug-likeness (QED) is 0.841. The maximum absolute atomic E-state index is 6.13. The number of anilines is 3. The lowest BCUT2D eigenvalue weighted by Gasteiger charge is -2.13. The molecule has 2 rings (SSSR count). The summed E-state index contributed by atoms with van der Waals surface area (Å²) in [5, 5.41) is 7.39. The number of nitrogens with zero attached hydrogens (tertiary/aromatic N) is 1. The average Bonchev–Trinajstić information content (AvgIpc) is 2.42. The molecule has 20 heavy (non-hydrogen) atoms. The summed E-state index contributed by atoms with van der Waals surface area (Å²) in [6.45, 7) is 0. The van der Waals surface area contributed by atoms with E-state index in [2.05, 4.69) is 15.6 Å². The number of ether oxygens (including phenoxy) is 1. The first-order valence-corrected chi connectivity index (χ1v) is 6.83. The van der Waals surface area contributed by atoms with E-state index >= 15 is 0 Å². The van der Waals surface area contributed by atoms with Gasteiger partial charge in [-0.25, -0.2) is 4.98 Å². The van der Waals surface area contributed by atoms with E-state index in [0.29, 0.717) is 38.1 Å². The third-order valence-corrected chi connectivity index (χ3v) is 3.39. The van der Waals surface area contributed by atoms with Gasteiger partial charge >= 0.3 is 0 Å². The van der Waals surface area contributed by atoms with Crippen LogP contribution in [0.3, 0.4) is 0 Å². The minimum atomic E-state index is 0.399. The van der Waals surface area contributed by atoms with Gasteiger partial charge in [-0.3, -0.25) is 0 Å². The Balaban J connectivity index is 2.41. The van der Waals surface area contributed by atoms with Crippen LogP contribution in [0.25, 0.3) is 0 Å². The Bertz CT molecular complexity index is 634. The molecule has 0 spiro atoms. The zero-order chi connectivity index (χ0) is 14.7. The van der Waals surface area contributed by atoms with E-state index in [0.717, 1.165) is 0 Å². The van der Waals surface area contributed by atoms with Crippen LogP contribution in [0.5, 0.6) is 5.75 Å². The molecule has 0 radical (unpaired) electrons. The Hall–Kier alpha value is -1.36. The molecule has 106 valence electrons. The predicted octanol–water partition coefficient (Wildman–Crippen LogP) is 4.84. The number of pyridine rings is 1. The van der Waals surface area contributed by atoms with E-state index in [1.54, 1.807) is 38.4 Å². The molecule has 0 aliphatic carbocycles. The maximum Gasteiger partial charge on any atom is 0.151 e. The Morgan fingerprint density at radius 3 is 2.40 bits per heavy atom. The van der Waals surface area contributed by atoms with Crippen molar-refractivity contribution in [3.63, 3.8) is 0 Å². The molecule has 0 saturated carbocycles. The Morgan fingerprint density at radius 2 is 1.75 bits per heavy atom. The maximum atomic E-state index is 6.13. The number of hydrogen-bond donors (Lipinski definition) is 2. The van der Waals surface area contributed by atoms with Crippen molar-refractivity contribution in [1.29, 1.82) is 0 Å². The minimum Gasteiger partial charge on any atom is -0.495 e. The highest BCUT2D eigenvalue weighted by atomic mass is 35.5. The first-order valence-electron chi connectivity index (χ1n) is 5.69. The molecule has 2 N–H and O–H groups in total. The van der Waals surface area contributed by atoms with E-state index in [9.17, 15) is 0 Å². The van der Waals surface area contributed by atoms with Crippen molar-refractivity contribution >= 4 is 52.1 Å². The van der Waals surface area contributed by atoms with Crippen LogP contribution in [0.4, 0.5) is 17.3 Å². The molecule has 0 amide bonds. The van der Waals surface area contributed by atoms with Gasteiger partial charge in [0.05, 0.1) is 22.8 Å². The van der Waals surface area contributed by atoms with Crippen molar-refractivity contribution < 1.29 is 4.74 Å². The summed E-state index contributed by atoms with van der Waals surface area (Å²) in [6, 6.07) is 6.84. The Kier molecular flexibility index (Phi) is 4.81. The molecular weight excluding hydrogens is 321 g/mol. The third kappa shape index (κ3) is 3.20. The monoisotopic (exact) mass is 331 g/mol. The van der Waals surface area contributed by atoms with E-state index in [1.165, 1.54) is 0 Å². The van der Waals surface area contributed by atoms with Crippen molar-refractivity contribution in [2.45, 2.75) is 0 Å². The van der Waals surface area contributed by atoms with Crippen LogP contribution in [0.2, 0.25) is 15.1 Å². The molecule has 1 aromatic carbocycles. The van der Waals surface area contributed by atoms with Crippen LogP contribution in [0.15, 0.2) is 24.3 Å². The van der Waals surface area contributed by atoms with Gasteiger partial charge in [-0.05, 0) is 24.3 Å². The predicted molar refractivity (Wildman–Crippen MR) is 85.1 cm³/mol. The molecule has 0 unspecified atom stereocenters. The first kappa shape index (κ1) is 15.0. The highest BCUT2D eigenvalue weighted by molar-refractivity contribution is 6.37. The number of halogens is 3. The molecule has 0 saturated heterocycles. The zero-order valence-corrected chi connectivity index (χ0v) is 13.1. The molecule has 4 nitrogen and oxygen atoms in total. The van der Waals surface area contributed by atoms with Crippen LogP contribution >= 0.6 is 34.8 Å². The smallest absolute Gasteiger partial charge is 0.151 e. The standard InChI is InChI=1S/C13H12Cl3N3O/c1-17-12-8(15)6-9(16)13(19-12)18-10-5-7(14)3-4-11(10)20-2/h3-6H,1-2H3,(H2,17,18,19). The fourth-order valence-corrected chi connectivity index (χ4v) is 2.31. The summed E-state index contributed by atoms with van der Waals surface area (Å²) < 4.78 is 5.26. The van der Waals surface area contributed by atoms with Crippen LogP contribution in [-0.2, 0) is 0 Å². The SMILES string of the molecule is CNc1nc(Nc2cc(Cl)ccc2OC)c(Cl)cc1Cl. The number of aromatic nitrogens is 1. The van der Waals surface area contributed by atoms with Crippen LogP contribution in [0, 0.1) is 0 Å². The van der Waals surface area contributed by atoms with Crippen LogP contribution in [0.1, 0.15) is 0 Å². The summed E-state index contributed by atoms with van der Waals surface area (Å²) in [6.07, 6.45) is 0. The largest absolute Gasteiger partial charge is 0.495 e. The van der Waals surface area contributed by atoms with Gasteiger partial charge < -0.3 is 15.4 Å². The van der Waals surface area contributed by atoms with Gasteiger partial charge in [0.15, 0.2) is 5.82 Å². The molecule has 0 bridgehead atoms. The second-order valence-electron chi connectivity index (χ2n) is 3.87. The third-order valence-electron chi connectivity index (χ3n) is 2.58. The summed E-state index contributed by atoms with van der Waals surface area (Å²) in [5.41, 5.74) is 0.666. The molecule has 0 atom stereocenters. The van der Waals surface area contributed by atoms with Gasteiger partial charge in [0.2, 0.25) is 0 Å². The fraction of sp³-hybridized carbons (Fsp3) is 0.154. The summed E-state index contributed by atoms with van der Waals surface area (Å²) in [4.78, 5) is 4.31. The average molecular weight is 333 g/mol. The van der Waals surface area contributed by atoms with E-state index < -0.39 is 0 Å². The van der Waals surface area contributed by atoms with Gasteiger partial charge in [-0.1, -0.05) is 34.8 Å². The molecule has 0 aliphatic rings. The molecule has 2 aromatic rings. The van der Waals surface area contributed by atoms with Gasteiger partial charge in [0.25, 0.3) is 0 Å². The van der Waals surface area contributed by atoms with E-state index in [-0.39, 0.29) is 0 Å². The van der Waals surface area contributed by atoms with Gasteiger partial charge in [-0.2, -0.15) is 0 Å². The molecular formula is C13H12Cl3N3O. The van der Waals surface area contributed by atoms with Gasteiger partial charge in [0.1, 0.15) is 11.6 Å². The lowest BCUT2D eigenvalue weighted by atomic mass is 10.3. The van der Waals surface area contributed by atoms with Crippen LogP contribution in [-0.4, -0.2) is 19.1 Å². The topological polar surface area (TPSA) is 46.2 Å². The molecule has 0 aliphatic heterocycles. The molecule has 0 fully saturated rings. The number of rotatable bonds is 4. The van der Waals surface area contributed by atoms with Crippen molar-refractivity contribution in [1.82, 2.24) is 4.98 Å². The lowest BCUT2D eigenvalue weighted by molar-refractivity contribution is 0.417. The normalized spacial score (nSPS) is 10.2. The lowest BCUT2D eigenvalue weighted by Crippen LogP contribution is -2.01. The Morgan fingerprint density at radius 1 is 1.05 bits per heavy atom. The Labute approximate surface area is 132 Å². The van der Waals surface area contributed by atoms with Crippen molar-refractivity contribution in [2.24, 2.45) is 0 Å². The first-order chi connectivity index (χ1) is 9.55. The summed E-state index contributed by atoms with van der Waals surface area (Å²) in [5.74, 6) is 1.62. The highest BCUT2D eigenvalue weighted by Gasteiger charge is 2.11. The summed E-state index contributed by atoms with van der Waals surface area (Å²) in [7, 11) is 3.30. The van der Waals surface area contributed by atoms with E-state index in [1.807, 2.05) is 0 Å². The molecule has 7 heteroatoms. The van der Waals surface area contributed by atoms with Crippen molar-refractivity contribution in [3.05, 3.63) is 39.3 Å².